The standard InChI is InChI=1S/C34H38F6N6O6/c1-3-51-29(47)27(33(35,36)37)23-17-43-25-11-9-19(15-21(23)25)45-31(49)41-13-7-5-6-8-14-42-32(50)46-20-10-12-26-22(16-20)24(18-44-26)28(34(38,39)40)30(48)52-4-2/h9-12,15-18,27-28,43-44H,3-8,13-14H2,1-2H3,(H2,41,45,49)(H2,42,46,50). The molecule has 282 valence electrons. The molecule has 2 atom stereocenters. The highest BCUT2D eigenvalue weighted by Crippen LogP contribution is 2.41. The fourth-order valence-electron chi connectivity index (χ4n) is 5.60. The number of aromatic nitrogens is 2. The lowest BCUT2D eigenvalue weighted by molar-refractivity contribution is -0.182. The smallest absolute Gasteiger partial charge is 0.406 e. The lowest BCUT2D eigenvalue weighted by Crippen LogP contribution is -2.30. The normalized spacial score (nSPS) is 13.0. The monoisotopic (exact) mass is 740 g/mol. The van der Waals surface area contributed by atoms with Gasteiger partial charge in [0, 0.05) is 69.8 Å². The second-order valence-electron chi connectivity index (χ2n) is 11.6. The third kappa shape index (κ3) is 10.1. The molecular weight excluding hydrogens is 702 g/mol. The number of fused-ring (bicyclic) bond motifs is 2. The van der Waals surface area contributed by atoms with Gasteiger partial charge in [-0.3, -0.25) is 9.59 Å². The highest BCUT2D eigenvalue weighted by Gasteiger charge is 2.49. The van der Waals surface area contributed by atoms with Gasteiger partial charge in [-0.1, -0.05) is 12.8 Å². The molecule has 6 N–H and O–H groups in total. The van der Waals surface area contributed by atoms with Crippen molar-refractivity contribution in [1.82, 2.24) is 20.6 Å². The van der Waals surface area contributed by atoms with Gasteiger partial charge >= 0.3 is 36.4 Å². The maximum atomic E-state index is 13.8. The maximum Gasteiger partial charge on any atom is 0.406 e. The first-order valence-electron chi connectivity index (χ1n) is 16.4. The number of rotatable bonds is 15. The zero-order valence-corrected chi connectivity index (χ0v) is 28.1. The Kier molecular flexibility index (Phi) is 13.0. The van der Waals surface area contributed by atoms with Gasteiger partial charge in [-0.2, -0.15) is 26.3 Å². The number of halogens is 6. The molecule has 4 rings (SSSR count). The summed E-state index contributed by atoms with van der Waals surface area (Å²) in [6.45, 7) is 2.98. The fourth-order valence-corrected chi connectivity index (χ4v) is 5.60. The van der Waals surface area contributed by atoms with Crippen LogP contribution in [0.4, 0.5) is 47.3 Å². The van der Waals surface area contributed by atoms with Crippen molar-refractivity contribution in [2.24, 2.45) is 0 Å². The number of carbonyl (C=O) groups excluding carboxylic acids is 4. The number of amides is 4. The molecule has 0 bridgehead atoms. The predicted molar refractivity (Wildman–Crippen MR) is 180 cm³/mol. The number of anilines is 2. The van der Waals surface area contributed by atoms with E-state index in [9.17, 15) is 45.5 Å². The van der Waals surface area contributed by atoms with Crippen LogP contribution in [0.15, 0.2) is 48.8 Å². The number of ether oxygens (including phenoxy) is 2. The minimum atomic E-state index is -4.89. The zero-order chi connectivity index (χ0) is 38.1. The largest absolute Gasteiger partial charge is 0.465 e. The minimum absolute atomic E-state index is 0.108. The summed E-state index contributed by atoms with van der Waals surface area (Å²) in [7, 11) is 0. The lowest BCUT2D eigenvalue weighted by atomic mass is 9.97. The number of benzene rings is 2. The molecule has 0 spiro atoms. The quantitative estimate of drug-likeness (QED) is 0.0418. The van der Waals surface area contributed by atoms with Gasteiger partial charge in [0.1, 0.15) is 0 Å². The number of aromatic amines is 2. The number of esters is 2. The Morgan fingerprint density at radius 3 is 1.37 bits per heavy atom. The Labute approximate surface area is 293 Å². The summed E-state index contributed by atoms with van der Waals surface area (Å²) >= 11 is 0. The highest BCUT2D eigenvalue weighted by atomic mass is 19.4. The molecule has 0 radical (unpaired) electrons. The summed E-state index contributed by atoms with van der Waals surface area (Å²) in [5.41, 5.74) is 0.479. The van der Waals surface area contributed by atoms with Gasteiger partial charge in [-0.25, -0.2) is 9.59 Å². The van der Waals surface area contributed by atoms with Crippen LogP contribution >= 0.6 is 0 Å². The van der Waals surface area contributed by atoms with Crippen molar-refractivity contribution in [2.75, 3.05) is 36.9 Å². The molecule has 4 aromatic rings. The van der Waals surface area contributed by atoms with Crippen molar-refractivity contribution >= 4 is 57.2 Å². The van der Waals surface area contributed by atoms with Crippen LogP contribution in [0.25, 0.3) is 21.8 Å². The Bertz CT molecular complexity index is 1740. The van der Waals surface area contributed by atoms with Gasteiger partial charge in [-0.05, 0) is 63.1 Å². The van der Waals surface area contributed by atoms with Gasteiger partial charge in [0.05, 0.1) is 13.2 Å². The van der Waals surface area contributed by atoms with Crippen LogP contribution in [-0.4, -0.2) is 72.6 Å². The summed E-state index contributed by atoms with van der Waals surface area (Å²) in [5, 5.41) is 10.7. The second-order valence-corrected chi connectivity index (χ2v) is 11.6. The SMILES string of the molecule is CCOC(=O)C(c1c[nH]c2ccc(NC(=O)NCCCCCCNC(=O)Nc3ccc4[nH]cc(C(C(=O)OCC)C(F)(F)F)c4c3)cc12)C(F)(F)F. The topological polar surface area (TPSA) is 166 Å². The van der Waals surface area contributed by atoms with Gasteiger partial charge in [0.2, 0.25) is 0 Å². The Balaban J connectivity index is 1.19. The number of nitrogens with one attached hydrogen (secondary N) is 6. The van der Waals surface area contributed by atoms with E-state index in [0.717, 1.165) is 12.4 Å². The number of carbonyl (C=O) groups is 4. The van der Waals surface area contributed by atoms with Crippen LogP contribution < -0.4 is 21.3 Å². The van der Waals surface area contributed by atoms with E-state index in [-0.39, 0.29) is 46.5 Å². The van der Waals surface area contributed by atoms with E-state index < -0.39 is 48.2 Å². The number of hydrogen-bond donors (Lipinski definition) is 6. The summed E-state index contributed by atoms with van der Waals surface area (Å²) in [6, 6.07) is 7.50. The number of unbranched alkanes of at least 4 members (excludes halogenated alkanes) is 3. The zero-order valence-electron chi connectivity index (χ0n) is 28.1. The van der Waals surface area contributed by atoms with E-state index >= 15 is 0 Å². The van der Waals surface area contributed by atoms with Crippen LogP contribution in [0.2, 0.25) is 0 Å². The Morgan fingerprint density at radius 1 is 0.635 bits per heavy atom. The molecule has 0 fully saturated rings. The molecule has 52 heavy (non-hydrogen) atoms. The molecule has 0 saturated heterocycles. The van der Waals surface area contributed by atoms with Crippen molar-refractivity contribution in [3.8, 4) is 0 Å². The molecule has 18 heteroatoms. The van der Waals surface area contributed by atoms with Crippen molar-refractivity contribution in [3.63, 3.8) is 0 Å². The lowest BCUT2D eigenvalue weighted by Gasteiger charge is -2.18. The molecule has 12 nitrogen and oxygen atoms in total. The molecular formula is C34H38F6N6O6. The van der Waals surface area contributed by atoms with Crippen molar-refractivity contribution in [2.45, 2.75) is 63.7 Å². The van der Waals surface area contributed by atoms with E-state index in [1.165, 1.54) is 50.2 Å². The molecule has 0 aliphatic carbocycles. The van der Waals surface area contributed by atoms with Crippen LogP contribution in [0, 0.1) is 0 Å². The van der Waals surface area contributed by atoms with Crippen molar-refractivity contribution in [1.29, 1.82) is 0 Å². The summed E-state index contributed by atoms with van der Waals surface area (Å²) in [6.07, 6.45) is -5.01. The number of alkyl halides is 6. The van der Waals surface area contributed by atoms with Gasteiger partial charge in [-0.15, -0.1) is 0 Å². The molecule has 0 aliphatic heterocycles. The summed E-state index contributed by atoms with van der Waals surface area (Å²) < 4.78 is 91.8. The number of hydrogen-bond acceptors (Lipinski definition) is 6. The van der Waals surface area contributed by atoms with E-state index in [2.05, 4.69) is 40.7 Å². The third-order valence-corrected chi connectivity index (χ3v) is 7.94. The van der Waals surface area contributed by atoms with Crippen LogP contribution in [-0.2, 0) is 19.1 Å². The van der Waals surface area contributed by atoms with Gasteiger partial charge < -0.3 is 40.7 Å². The van der Waals surface area contributed by atoms with Gasteiger partial charge in [0.25, 0.3) is 0 Å². The number of H-pyrrole nitrogens is 2. The molecule has 0 aliphatic rings. The van der Waals surface area contributed by atoms with E-state index in [0.29, 0.717) is 49.8 Å². The van der Waals surface area contributed by atoms with E-state index in [4.69, 9.17) is 0 Å². The number of urea groups is 2. The molecule has 2 heterocycles. The maximum absolute atomic E-state index is 13.8. The van der Waals surface area contributed by atoms with E-state index in [1.807, 2.05) is 0 Å². The molecule has 4 amide bonds. The minimum Gasteiger partial charge on any atom is -0.465 e. The predicted octanol–water partition coefficient (Wildman–Crippen LogP) is 7.57. The Hall–Kier alpha value is -5.42. The molecule has 2 unspecified atom stereocenters. The molecule has 2 aromatic carbocycles. The van der Waals surface area contributed by atoms with Crippen LogP contribution in [0.1, 0.15) is 62.5 Å². The molecule has 2 aromatic heterocycles. The first-order valence-corrected chi connectivity index (χ1v) is 16.4. The van der Waals surface area contributed by atoms with Crippen molar-refractivity contribution in [3.05, 3.63) is 59.9 Å². The first kappa shape index (κ1) is 39.4. The Morgan fingerprint density at radius 2 is 1.02 bits per heavy atom. The second kappa shape index (κ2) is 17.2. The third-order valence-electron chi connectivity index (χ3n) is 7.94. The average Bonchev–Trinajstić information content (AvgIpc) is 3.65. The average molecular weight is 741 g/mol. The molecule has 0 saturated carbocycles. The van der Waals surface area contributed by atoms with Crippen LogP contribution in [0.5, 0.6) is 0 Å². The van der Waals surface area contributed by atoms with E-state index in [1.54, 1.807) is 0 Å². The summed E-state index contributed by atoms with van der Waals surface area (Å²) in [5.74, 6) is -7.83. The van der Waals surface area contributed by atoms with Gasteiger partial charge in [0.15, 0.2) is 11.8 Å². The fraction of sp³-hybridized carbons (Fsp3) is 0.412. The summed E-state index contributed by atoms with van der Waals surface area (Å²) in [4.78, 5) is 54.5. The van der Waals surface area contributed by atoms with Crippen molar-refractivity contribution < 1.29 is 55.0 Å². The van der Waals surface area contributed by atoms with Crippen LogP contribution in [0.3, 0.4) is 0 Å². The first-order chi connectivity index (χ1) is 24.6. The highest BCUT2D eigenvalue weighted by molar-refractivity contribution is 5.97.